The van der Waals surface area contributed by atoms with E-state index in [1.54, 1.807) is 6.92 Å². The summed E-state index contributed by atoms with van der Waals surface area (Å²) in [6.07, 6.45) is 1.66. The Morgan fingerprint density at radius 3 is 2.15 bits per heavy atom. The van der Waals surface area contributed by atoms with Crippen LogP contribution in [-0.4, -0.2) is 35.4 Å². The zero-order valence-corrected chi connectivity index (χ0v) is 17.7. The Kier molecular flexibility index (Phi) is 9.32. The van der Waals surface area contributed by atoms with Crippen LogP contribution >= 0.6 is 0 Å². The number of nitrogens with one attached hydrogen (secondary N) is 2. The number of nitrogens with zero attached hydrogens (tertiary/aromatic N) is 1. The number of aromatic nitrogens is 1. The normalized spacial score (nSPS) is 12.3. The zero-order chi connectivity index (χ0) is 24.5. The summed E-state index contributed by atoms with van der Waals surface area (Å²) in [6, 6.07) is 4.50. The third kappa shape index (κ3) is 7.55. The van der Waals surface area contributed by atoms with Gasteiger partial charge in [0.05, 0.1) is 12.1 Å². The lowest BCUT2D eigenvalue weighted by Gasteiger charge is -2.13. The molecule has 0 bridgehead atoms. The number of hydrogen-bond acceptors (Lipinski definition) is 5. The largest absolute Gasteiger partial charge is 0.355 e. The number of pyridine rings is 1. The van der Waals surface area contributed by atoms with E-state index in [1.807, 2.05) is 5.92 Å². The number of halogens is 4. The second kappa shape index (κ2) is 11.9. The van der Waals surface area contributed by atoms with Crippen molar-refractivity contribution in [3.8, 4) is 11.8 Å². The van der Waals surface area contributed by atoms with Gasteiger partial charge in [0.1, 0.15) is 5.56 Å². The molecule has 2 atom stereocenters. The van der Waals surface area contributed by atoms with Gasteiger partial charge in [-0.3, -0.25) is 9.59 Å². The minimum atomic E-state index is -1.79. The Labute approximate surface area is 187 Å². The number of amides is 2. The Morgan fingerprint density at radius 1 is 0.970 bits per heavy atom. The highest BCUT2D eigenvalue weighted by atomic mass is 19.2. The third-order valence-electron chi connectivity index (χ3n) is 4.47. The van der Waals surface area contributed by atoms with Crippen LogP contribution in [0.15, 0.2) is 24.3 Å². The summed E-state index contributed by atoms with van der Waals surface area (Å²) in [6.45, 7) is 2.02. The minimum Gasteiger partial charge on any atom is -0.355 e. The van der Waals surface area contributed by atoms with Gasteiger partial charge in [0.2, 0.25) is 11.8 Å². The van der Waals surface area contributed by atoms with Gasteiger partial charge in [-0.15, -0.1) is 0 Å². The quantitative estimate of drug-likeness (QED) is 0.205. The molecule has 0 saturated heterocycles. The predicted octanol–water partition coefficient (Wildman–Crippen LogP) is 1.94. The second-order valence-corrected chi connectivity index (χ2v) is 7.19. The van der Waals surface area contributed by atoms with Crippen molar-refractivity contribution in [3.63, 3.8) is 0 Å². The van der Waals surface area contributed by atoms with Crippen LogP contribution in [-0.2, 0) is 9.59 Å². The van der Waals surface area contributed by atoms with Gasteiger partial charge in [0.25, 0.3) is 11.9 Å². The van der Waals surface area contributed by atoms with Crippen molar-refractivity contribution in [3.05, 3.63) is 58.9 Å². The molecule has 1 heterocycles. The molecular weight excluding hydrogens is 442 g/mol. The standard InChI is InChI=1S/C22H23F4N5O2/c1-12(27)21(32)29-11-3-2-4-16(28)22(33)30-14-8-5-13(6-9-14)7-10-15-17(23)19(25)31-20(26)18(15)24/h5-6,8-9,12,16H,2-4,11,27-28H2,1H3,(H,29,32)(H,30,33)/t12-,16-/m0/s1. The number of unbranched alkanes of at least 4 members (excludes halogenated alkanes) is 1. The van der Waals surface area contributed by atoms with Crippen LogP contribution in [0.25, 0.3) is 0 Å². The van der Waals surface area contributed by atoms with Crippen LogP contribution in [0.2, 0.25) is 0 Å². The maximum Gasteiger partial charge on any atom is 0.253 e. The highest BCUT2D eigenvalue weighted by Crippen LogP contribution is 2.16. The highest BCUT2D eigenvalue weighted by Gasteiger charge is 2.19. The first-order valence-electron chi connectivity index (χ1n) is 10.0. The van der Waals surface area contributed by atoms with Crippen molar-refractivity contribution in [2.75, 3.05) is 11.9 Å². The number of carbonyl (C=O) groups excluding carboxylic acids is 2. The van der Waals surface area contributed by atoms with Crippen LogP contribution in [0.3, 0.4) is 0 Å². The Hall–Kier alpha value is -3.49. The van der Waals surface area contributed by atoms with Crippen molar-refractivity contribution >= 4 is 17.5 Å². The van der Waals surface area contributed by atoms with Gasteiger partial charge in [0.15, 0.2) is 11.6 Å². The third-order valence-corrected chi connectivity index (χ3v) is 4.47. The molecular formula is C22H23F4N5O2. The molecule has 33 heavy (non-hydrogen) atoms. The molecule has 0 aliphatic heterocycles. The van der Waals surface area contributed by atoms with Crippen LogP contribution in [0, 0.1) is 35.4 Å². The van der Waals surface area contributed by atoms with E-state index >= 15 is 0 Å². The average Bonchev–Trinajstić information content (AvgIpc) is 2.78. The number of carbonyl (C=O) groups is 2. The molecule has 0 aliphatic rings. The SMILES string of the molecule is C[C@H](N)C(=O)NCCCC[C@H](N)C(=O)Nc1ccc(C#Cc2c(F)c(F)nc(F)c2F)cc1. The number of rotatable bonds is 8. The van der Waals surface area contributed by atoms with E-state index in [4.69, 9.17) is 11.5 Å². The lowest BCUT2D eigenvalue weighted by molar-refractivity contribution is -0.122. The van der Waals surface area contributed by atoms with Gasteiger partial charge in [-0.1, -0.05) is 11.8 Å². The number of hydrogen-bond donors (Lipinski definition) is 4. The molecule has 0 spiro atoms. The van der Waals surface area contributed by atoms with Crippen molar-refractivity contribution in [1.29, 1.82) is 0 Å². The molecule has 176 valence electrons. The van der Waals surface area contributed by atoms with E-state index < -0.39 is 47.1 Å². The predicted molar refractivity (Wildman–Crippen MR) is 114 cm³/mol. The van der Waals surface area contributed by atoms with Gasteiger partial charge in [-0.05, 0) is 50.5 Å². The summed E-state index contributed by atoms with van der Waals surface area (Å²) in [4.78, 5) is 26.0. The van der Waals surface area contributed by atoms with Gasteiger partial charge < -0.3 is 22.1 Å². The molecule has 0 fully saturated rings. The number of benzene rings is 1. The van der Waals surface area contributed by atoms with E-state index in [0.29, 0.717) is 31.5 Å². The van der Waals surface area contributed by atoms with Crippen LogP contribution in [0.5, 0.6) is 0 Å². The molecule has 7 nitrogen and oxygen atoms in total. The smallest absolute Gasteiger partial charge is 0.253 e. The molecule has 2 rings (SSSR count). The first kappa shape index (κ1) is 25.8. The molecule has 2 aromatic rings. The van der Waals surface area contributed by atoms with Crippen molar-refractivity contribution in [2.45, 2.75) is 38.3 Å². The molecule has 11 heteroatoms. The molecule has 0 unspecified atom stereocenters. The monoisotopic (exact) mass is 465 g/mol. The summed E-state index contributed by atoms with van der Waals surface area (Å²) < 4.78 is 53.5. The van der Waals surface area contributed by atoms with Crippen LogP contribution in [0.1, 0.15) is 37.3 Å². The summed E-state index contributed by atoms with van der Waals surface area (Å²) in [5.74, 6) is -3.18. The fourth-order valence-electron chi connectivity index (χ4n) is 2.60. The topological polar surface area (TPSA) is 123 Å². The zero-order valence-electron chi connectivity index (χ0n) is 17.7. The molecule has 0 aliphatic carbocycles. The number of anilines is 1. The molecule has 1 aromatic carbocycles. The summed E-state index contributed by atoms with van der Waals surface area (Å²) in [5, 5.41) is 5.29. The molecule has 1 aromatic heterocycles. The van der Waals surface area contributed by atoms with E-state index in [9.17, 15) is 27.2 Å². The summed E-state index contributed by atoms with van der Waals surface area (Å²) in [5.41, 5.74) is 10.9. The van der Waals surface area contributed by atoms with Gasteiger partial charge in [0, 0.05) is 17.8 Å². The maximum atomic E-state index is 13.6. The molecule has 2 amide bonds. The van der Waals surface area contributed by atoms with Crippen molar-refractivity contribution in [1.82, 2.24) is 10.3 Å². The van der Waals surface area contributed by atoms with Gasteiger partial charge >= 0.3 is 0 Å². The lowest BCUT2D eigenvalue weighted by Crippen LogP contribution is -2.39. The van der Waals surface area contributed by atoms with Crippen LogP contribution in [0.4, 0.5) is 23.2 Å². The first-order valence-corrected chi connectivity index (χ1v) is 10.0. The van der Waals surface area contributed by atoms with E-state index in [0.717, 1.165) is 0 Å². The van der Waals surface area contributed by atoms with E-state index in [1.165, 1.54) is 24.3 Å². The number of nitrogens with two attached hydrogens (primary N) is 2. The first-order chi connectivity index (χ1) is 15.6. The lowest BCUT2D eigenvalue weighted by atomic mass is 10.1. The van der Waals surface area contributed by atoms with E-state index in [-0.39, 0.29) is 11.5 Å². The Balaban J connectivity index is 1.88. The van der Waals surface area contributed by atoms with Crippen LogP contribution < -0.4 is 22.1 Å². The average molecular weight is 465 g/mol. The fourth-order valence-corrected chi connectivity index (χ4v) is 2.60. The molecule has 0 saturated carbocycles. The highest BCUT2D eigenvalue weighted by molar-refractivity contribution is 5.94. The van der Waals surface area contributed by atoms with E-state index in [2.05, 4.69) is 21.5 Å². The van der Waals surface area contributed by atoms with Crippen molar-refractivity contribution in [2.24, 2.45) is 11.5 Å². The molecule has 0 radical (unpaired) electrons. The molecule has 6 N–H and O–H groups in total. The maximum absolute atomic E-state index is 13.6. The van der Waals surface area contributed by atoms with Gasteiger partial charge in [-0.2, -0.15) is 13.8 Å². The van der Waals surface area contributed by atoms with Crippen molar-refractivity contribution < 1.29 is 27.2 Å². The minimum absolute atomic E-state index is 0.249. The second-order valence-electron chi connectivity index (χ2n) is 7.19. The Morgan fingerprint density at radius 2 is 1.58 bits per heavy atom. The Bertz CT molecular complexity index is 1040. The summed E-state index contributed by atoms with van der Waals surface area (Å²) >= 11 is 0. The summed E-state index contributed by atoms with van der Waals surface area (Å²) in [7, 11) is 0. The van der Waals surface area contributed by atoms with Gasteiger partial charge in [-0.25, -0.2) is 8.78 Å². The fraction of sp³-hybridized carbons (Fsp3) is 0.318.